The molecule has 0 bridgehead atoms. The Hall–Kier alpha value is -1.39. The maximum Gasteiger partial charge on any atom is 0.305 e. The molecule has 1 aromatic rings. The first-order valence-corrected chi connectivity index (χ1v) is 5.88. The lowest BCUT2D eigenvalue weighted by Gasteiger charge is -2.03. The number of aliphatic hydroxyl groups is 2. The van der Waals surface area contributed by atoms with E-state index in [1.807, 2.05) is 18.2 Å². The van der Waals surface area contributed by atoms with Gasteiger partial charge in [-0.15, -0.1) is 0 Å². The van der Waals surface area contributed by atoms with Crippen LogP contribution in [-0.4, -0.2) is 29.1 Å². The smallest absolute Gasteiger partial charge is 0.305 e. The summed E-state index contributed by atoms with van der Waals surface area (Å²) in [5.41, 5.74) is 1.27. The van der Waals surface area contributed by atoms with E-state index in [0.717, 1.165) is 12.8 Å². The lowest BCUT2D eigenvalue weighted by atomic mass is 10.1. The molecule has 0 unspecified atom stereocenters. The Morgan fingerprint density at radius 2 is 1.72 bits per heavy atom. The number of esters is 1. The van der Waals surface area contributed by atoms with Gasteiger partial charge < -0.3 is 14.9 Å². The number of carbonyl (C=O) groups excluding carboxylic acids is 1. The van der Waals surface area contributed by atoms with Crippen LogP contribution in [0.2, 0.25) is 0 Å². The van der Waals surface area contributed by atoms with Crippen molar-refractivity contribution < 1.29 is 19.7 Å². The van der Waals surface area contributed by atoms with Gasteiger partial charge in [-0.3, -0.25) is 4.79 Å². The predicted octanol–water partition coefficient (Wildman–Crippen LogP) is 1.89. The SMILES string of the molecule is CC(C)(O)O.COC(=O)CCCc1ccccc1. The molecular weight excluding hydrogens is 232 g/mol. The monoisotopic (exact) mass is 254 g/mol. The fourth-order valence-corrected chi connectivity index (χ4v) is 1.18. The van der Waals surface area contributed by atoms with Gasteiger partial charge in [-0.05, 0) is 32.3 Å². The van der Waals surface area contributed by atoms with Gasteiger partial charge in [-0.1, -0.05) is 30.3 Å². The van der Waals surface area contributed by atoms with Crippen LogP contribution in [0.5, 0.6) is 0 Å². The second-order valence-electron chi connectivity index (χ2n) is 4.41. The fraction of sp³-hybridized carbons (Fsp3) is 0.500. The maximum atomic E-state index is 10.8. The number of hydrogen-bond donors (Lipinski definition) is 2. The van der Waals surface area contributed by atoms with Gasteiger partial charge >= 0.3 is 5.97 Å². The van der Waals surface area contributed by atoms with Crippen molar-refractivity contribution in [3.63, 3.8) is 0 Å². The number of hydrogen-bond acceptors (Lipinski definition) is 4. The van der Waals surface area contributed by atoms with Gasteiger partial charge in [-0.25, -0.2) is 0 Å². The molecule has 0 aliphatic heterocycles. The maximum absolute atomic E-state index is 10.8. The first kappa shape index (κ1) is 16.6. The van der Waals surface area contributed by atoms with E-state index >= 15 is 0 Å². The van der Waals surface area contributed by atoms with E-state index in [0.29, 0.717) is 6.42 Å². The Morgan fingerprint density at radius 1 is 1.22 bits per heavy atom. The molecular formula is C14H22O4. The number of carbonyl (C=O) groups is 1. The zero-order valence-corrected chi connectivity index (χ0v) is 11.2. The highest BCUT2D eigenvalue weighted by atomic mass is 16.5. The normalized spacial score (nSPS) is 10.3. The number of benzene rings is 1. The average molecular weight is 254 g/mol. The van der Waals surface area contributed by atoms with Crippen molar-refractivity contribution in [3.8, 4) is 0 Å². The van der Waals surface area contributed by atoms with E-state index in [9.17, 15) is 4.79 Å². The number of methoxy groups -OCH3 is 1. The zero-order chi connectivity index (χ0) is 14.0. The summed E-state index contributed by atoms with van der Waals surface area (Å²) < 4.78 is 4.55. The van der Waals surface area contributed by atoms with Crippen LogP contribution >= 0.6 is 0 Å². The minimum Gasteiger partial charge on any atom is -0.469 e. The van der Waals surface area contributed by atoms with Crippen LogP contribution < -0.4 is 0 Å². The van der Waals surface area contributed by atoms with E-state index in [-0.39, 0.29) is 5.97 Å². The second-order valence-corrected chi connectivity index (χ2v) is 4.41. The van der Waals surface area contributed by atoms with Gasteiger partial charge in [0.2, 0.25) is 0 Å². The molecule has 0 amide bonds. The van der Waals surface area contributed by atoms with Crippen molar-refractivity contribution in [2.45, 2.75) is 38.9 Å². The molecule has 0 fully saturated rings. The summed E-state index contributed by atoms with van der Waals surface area (Å²) in [7, 11) is 1.42. The van der Waals surface area contributed by atoms with Crippen molar-refractivity contribution in [1.29, 1.82) is 0 Å². The molecule has 2 N–H and O–H groups in total. The third-order valence-electron chi connectivity index (χ3n) is 1.92. The minimum atomic E-state index is -1.50. The summed E-state index contributed by atoms with van der Waals surface area (Å²) >= 11 is 0. The third-order valence-corrected chi connectivity index (χ3v) is 1.92. The molecule has 0 aliphatic carbocycles. The summed E-state index contributed by atoms with van der Waals surface area (Å²) in [4.78, 5) is 10.8. The molecule has 0 heterocycles. The van der Waals surface area contributed by atoms with Gasteiger partial charge in [0.1, 0.15) is 0 Å². The van der Waals surface area contributed by atoms with Crippen LogP contribution in [0.4, 0.5) is 0 Å². The van der Waals surface area contributed by atoms with Gasteiger partial charge in [0.25, 0.3) is 0 Å². The molecule has 18 heavy (non-hydrogen) atoms. The van der Waals surface area contributed by atoms with Crippen molar-refractivity contribution >= 4 is 5.97 Å². The van der Waals surface area contributed by atoms with Gasteiger partial charge in [-0.2, -0.15) is 0 Å². The van der Waals surface area contributed by atoms with Crippen LogP contribution in [0.15, 0.2) is 30.3 Å². The van der Waals surface area contributed by atoms with E-state index in [1.54, 1.807) is 0 Å². The van der Waals surface area contributed by atoms with E-state index < -0.39 is 5.79 Å². The molecule has 4 heteroatoms. The molecule has 1 aromatic carbocycles. The van der Waals surface area contributed by atoms with Crippen LogP contribution in [-0.2, 0) is 16.0 Å². The Kier molecular flexibility index (Phi) is 8.00. The van der Waals surface area contributed by atoms with Crippen molar-refractivity contribution in [1.82, 2.24) is 0 Å². The standard InChI is InChI=1S/C11H14O2.C3H8O2/c1-13-11(12)9-5-8-10-6-3-2-4-7-10;1-3(2,4)5/h2-4,6-7H,5,8-9H2,1H3;4-5H,1-2H3. The highest BCUT2D eigenvalue weighted by Crippen LogP contribution is 2.04. The Labute approximate surface area is 108 Å². The molecule has 4 nitrogen and oxygen atoms in total. The molecule has 0 radical (unpaired) electrons. The molecule has 102 valence electrons. The highest BCUT2D eigenvalue weighted by molar-refractivity contribution is 5.69. The summed E-state index contributed by atoms with van der Waals surface area (Å²) in [6.07, 6.45) is 2.30. The Balaban J connectivity index is 0.000000494. The van der Waals surface area contributed by atoms with Gasteiger partial charge in [0, 0.05) is 6.42 Å². The Morgan fingerprint density at radius 3 is 2.17 bits per heavy atom. The second kappa shape index (κ2) is 8.66. The lowest BCUT2D eigenvalue weighted by molar-refractivity contribution is -0.140. The lowest BCUT2D eigenvalue weighted by Crippen LogP contribution is -2.15. The number of rotatable bonds is 4. The van der Waals surface area contributed by atoms with E-state index in [1.165, 1.54) is 26.5 Å². The first-order valence-electron chi connectivity index (χ1n) is 5.88. The fourth-order valence-electron chi connectivity index (χ4n) is 1.18. The van der Waals surface area contributed by atoms with E-state index in [2.05, 4.69) is 16.9 Å². The van der Waals surface area contributed by atoms with Gasteiger partial charge in [0.05, 0.1) is 7.11 Å². The quantitative estimate of drug-likeness (QED) is 0.636. The topological polar surface area (TPSA) is 66.8 Å². The number of ether oxygens (including phenoxy) is 1. The Bertz CT molecular complexity index is 321. The first-order chi connectivity index (χ1) is 8.33. The molecule has 0 aromatic heterocycles. The third kappa shape index (κ3) is 12.7. The largest absolute Gasteiger partial charge is 0.469 e. The molecule has 0 aliphatic rings. The molecule has 0 saturated carbocycles. The summed E-state index contributed by atoms with van der Waals surface area (Å²) in [6.45, 7) is 2.60. The van der Waals surface area contributed by atoms with E-state index in [4.69, 9.17) is 10.2 Å². The molecule has 1 rings (SSSR count). The van der Waals surface area contributed by atoms with Crippen molar-refractivity contribution in [3.05, 3.63) is 35.9 Å². The summed E-state index contributed by atoms with van der Waals surface area (Å²) in [5, 5.41) is 16.2. The van der Waals surface area contributed by atoms with Crippen LogP contribution in [0.25, 0.3) is 0 Å². The summed E-state index contributed by atoms with van der Waals surface area (Å²) in [6, 6.07) is 10.1. The van der Waals surface area contributed by atoms with Crippen LogP contribution in [0.1, 0.15) is 32.3 Å². The van der Waals surface area contributed by atoms with Crippen molar-refractivity contribution in [2.24, 2.45) is 0 Å². The molecule has 0 saturated heterocycles. The summed E-state index contributed by atoms with van der Waals surface area (Å²) in [5.74, 6) is -1.63. The minimum absolute atomic E-state index is 0.129. The van der Waals surface area contributed by atoms with Crippen LogP contribution in [0, 0.1) is 0 Å². The zero-order valence-electron chi connectivity index (χ0n) is 11.2. The number of aryl methyl sites for hydroxylation is 1. The predicted molar refractivity (Wildman–Crippen MR) is 69.9 cm³/mol. The molecule has 0 spiro atoms. The molecule has 0 atom stereocenters. The highest BCUT2D eigenvalue weighted by Gasteiger charge is 2.00. The van der Waals surface area contributed by atoms with Crippen molar-refractivity contribution in [2.75, 3.05) is 7.11 Å². The van der Waals surface area contributed by atoms with Crippen LogP contribution in [0.3, 0.4) is 0 Å². The average Bonchev–Trinajstić information content (AvgIpc) is 2.28. The van der Waals surface area contributed by atoms with Gasteiger partial charge in [0.15, 0.2) is 5.79 Å².